The number of benzene rings is 2. The van der Waals surface area contributed by atoms with Crippen molar-refractivity contribution in [3.05, 3.63) is 82.0 Å². The van der Waals surface area contributed by atoms with Crippen molar-refractivity contribution >= 4 is 34.5 Å². The number of rotatable bonds is 5. The summed E-state index contributed by atoms with van der Waals surface area (Å²) >= 11 is 1.67. The largest absolute Gasteiger partial charge is 0.324 e. The van der Waals surface area contributed by atoms with Crippen LogP contribution in [0, 0.1) is 6.92 Å². The van der Waals surface area contributed by atoms with Gasteiger partial charge >= 0.3 is 0 Å². The van der Waals surface area contributed by atoms with Gasteiger partial charge in [-0.05, 0) is 43.0 Å². The summed E-state index contributed by atoms with van der Waals surface area (Å²) in [5, 5.41) is 8.40. The van der Waals surface area contributed by atoms with Crippen LogP contribution in [0.1, 0.15) is 35.4 Å². The number of aryl methyl sites for hydroxylation is 1. The predicted octanol–water partition coefficient (Wildman–Crippen LogP) is 4.50. The third kappa shape index (κ3) is 4.30. The zero-order valence-corrected chi connectivity index (χ0v) is 17.9. The van der Waals surface area contributed by atoms with Crippen LogP contribution in [-0.4, -0.2) is 24.4 Å². The quantitative estimate of drug-likeness (QED) is 0.640. The number of anilines is 2. The van der Waals surface area contributed by atoms with Gasteiger partial charge in [0.15, 0.2) is 0 Å². The number of nitrogens with zero attached hydrogens (tertiary/aromatic N) is 1. The fraction of sp³-hybridized carbons (Fsp3) is 0.250. The van der Waals surface area contributed by atoms with Crippen LogP contribution in [0.25, 0.3) is 0 Å². The van der Waals surface area contributed by atoms with E-state index >= 15 is 0 Å². The van der Waals surface area contributed by atoms with Gasteiger partial charge in [0.2, 0.25) is 11.8 Å². The van der Waals surface area contributed by atoms with Crippen LogP contribution in [0.15, 0.2) is 66.0 Å². The first kappa shape index (κ1) is 20.3. The van der Waals surface area contributed by atoms with Crippen LogP contribution in [-0.2, 0) is 9.59 Å². The van der Waals surface area contributed by atoms with Gasteiger partial charge in [0.1, 0.15) is 0 Å². The Kier molecular flexibility index (Phi) is 5.97. The summed E-state index contributed by atoms with van der Waals surface area (Å²) in [4.78, 5) is 28.4. The smallest absolute Gasteiger partial charge is 0.241 e. The molecule has 1 aliphatic rings. The molecule has 0 bridgehead atoms. The van der Waals surface area contributed by atoms with Crippen molar-refractivity contribution in [2.45, 2.75) is 32.4 Å². The molecule has 2 N–H and O–H groups in total. The topological polar surface area (TPSA) is 61.4 Å². The summed E-state index contributed by atoms with van der Waals surface area (Å²) in [6.45, 7) is 4.15. The van der Waals surface area contributed by atoms with E-state index < -0.39 is 0 Å². The number of carbonyl (C=O) groups excluding carboxylic acids is 2. The molecule has 0 aliphatic carbocycles. The van der Waals surface area contributed by atoms with Crippen LogP contribution in [0.4, 0.5) is 11.4 Å². The summed E-state index contributed by atoms with van der Waals surface area (Å²) in [6.07, 6.45) is 0.271. The Morgan fingerprint density at radius 3 is 2.67 bits per heavy atom. The fourth-order valence-electron chi connectivity index (χ4n) is 3.84. The fourth-order valence-corrected chi connectivity index (χ4v) is 4.67. The molecule has 0 saturated heterocycles. The molecule has 154 valence electrons. The lowest BCUT2D eigenvalue weighted by Gasteiger charge is -2.29. The van der Waals surface area contributed by atoms with E-state index in [1.165, 1.54) is 5.56 Å². The molecule has 0 fully saturated rings. The second-order valence-electron chi connectivity index (χ2n) is 7.62. The molecule has 4 rings (SSSR count). The van der Waals surface area contributed by atoms with Crippen molar-refractivity contribution in [3.63, 3.8) is 0 Å². The number of amides is 2. The maximum atomic E-state index is 13.3. The van der Waals surface area contributed by atoms with Gasteiger partial charge < -0.3 is 10.2 Å². The first-order valence-corrected chi connectivity index (χ1v) is 10.9. The van der Waals surface area contributed by atoms with Crippen molar-refractivity contribution in [1.82, 2.24) is 5.32 Å². The molecule has 3 aromatic rings. The summed E-state index contributed by atoms with van der Waals surface area (Å²) in [6, 6.07) is 19.7. The molecule has 0 saturated carbocycles. The Bertz CT molecular complexity index is 1030. The summed E-state index contributed by atoms with van der Waals surface area (Å²) < 4.78 is 0. The molecule has 0 unspecified atom stereocenters. The first-order valence-electron chi connectivity index (χ1n) is 10.1. The molecule has 2 heterocycles. The predicted molar refractivity (Wildman–Crippen MR) is 122 cm³/mol. The maximum Gasteiger partial charge on any atom is 0.241 e. The highest BCUT2D eigenvalue weighted by molar-refractivity contribution is 7.10. The molecule has 0 radical (unpaired) electrons. The van der Waals surface area contributed by atoms with Crippen molar-refractivity contribution in [2.75, 3.05) is 16.8 Å². The van der Waals surface area contributed by atoms with Crippen molar-refractivity contribution in [3.8, 4) is 0 Å². The zero-order valence-electron chi connectivity index (χ0n) is 17.1. The van der Waals surface area contributed by atoms with E-state index in [9.17, 15) is 9.59 Å². The average Bonchev–Trinajstić information content (AvgIpc) is 3.21. The molecule has 5 nitrogen and oxygen atoms in total. The molecule has 1 aromatic heterocycles. The number of fused-ring (bicyclic) bond motifs is 1. The molecule has 0 spiro atoms. The highest BCUT2D eigenvalue weighted by Gasteiger charge is 2.30. The molecule has 1 aliphatic heterocycles. The third-order valence-electron chi connectivity index (χ3n) is 5.32. The van der Waals surface area contributed by atoms with E-state index in [4.69, 9.17) is 0 Å². The third-order valence-corrected chi connectivity index (χ3v) is 6.26. The molecule has 2 amide bonds. The summed E-state index contributed by atoms with van der Waals surface area (Å²) in [5.41, 5.74) is 3.74. The Morgan fingerprint density at radius 2 is 1.93 bits per heavy atom. The van der Waals surface area contributed by atoms with E-state index in [0.29, 0.717) is 5.69 Å². The Balaban J connectivity index is 1.57. The minimum Gasteiger partial charge on any atom is -0.324 e. The first-order chi connectivity index (χ1) is 14.5. The van der Waals surface area contributed by atoms with Crippen LogP contribution in [0.3, 0.4) is 0 Å². The van der Waals surface area contributed by atoms with E-state index in [0.717, 1.165) is 16.1 Å². The molecule has 30 heavy (non-hydrogen) atoms. The second kappa shape index (κ2) is 8.81. The number of thiophene rings is 1. The van der Waals surface area contributed by atoms with Crippen LogP contribution in [0.5, 0.6) is 0 Å². The second-order valence-corrected chi connectivity index (χ2v) is 8.60. The van der Waals surface area contributed by atoms with Gasteiger partial charge in [0.25, 0.3) is 0 Å². The Labute approximate surface area is 180 Å². The van der Waals surface area contributed by atoms with Crippen LogP contribution < -0.4 is 15.5 Å². The molecular weight excluding hydrogens is 394 g/mol. The van der Waals surface area contributed by atoms with Gasteiger partial charge in [-0.25, -0.2) is 0 Å². The molecule has 2 atom stereocenters. The SMILES string of the molecule is Cc1ccc([C@@H](NCC(=O)N2c3ccccc3NC(=O)C[C@H]2C)c2cccs2)cc1. The van der Waals surface area contributed by atoms with E-state index in [1.807, 2.05) is 42.6 Å². The minimum absolute atomic E-state index is 0.0554. The Morgan fingerprint density at radius 1 is 1.17 bits per heavy atom. The summed E-state index contributed by atoms with van der Waals surface area (Å²) in [5.74, 6) is -0.130. The lowest BCUT2D eigenvalue weighted by atomic mass is 10.0. The maximum absolute atomic E-state index is 13.3. The highest BCUT2D eigenvalue weighted by atomic mass is 32.1. The summed E-state index contributed by atoms with van der Waals surface area (Å²) in [7, 11) is 0. The normalized spacial score (nSPS) is 17.1. The lowest BCUT2D eigenvalue weighted by Crippen LogP contribution is -2.44. The number of nitrogens with one attached hydrogen (secondary N) is 2. The standard InChI is InChI=1S/C24H25N3O2S/c1-16-9-11-18(12-10-16)24(21-8-5-13-30-21)25-15-23(29)27-17(2)14-22(28)26-19-6-3-4-7-20(19)27/h3-13,17,24-25H,14-15H2,1-2H3,(H,26,28)/t17-,24-/m1/s1. The van der Waals surface area contributed by atoms with Crippen molar-refractivity contribution in [2.24, 2.45) is 0 Å². The van der Waals surface area contributed by atoms with Gasteiger partial charge in [-0.1, -0.05) is 48.0 Å². The highest BCUT2D eigenvalue weighted by Crippen LogP contribution is 2.32. The number of carbonyl (C=O) groups is 2. The van der Waals surface area contributed by atoms with Gasteiger partial charge in [-0.2, -0.15) is 0 Å². The number of hydrogen-bond acceptors (Lipinski definition) is 4. The van der Waals surface area contributed by atoms with Gasteiger partial charge in [0.05, 0.1) is 24.0 Å². The number of hydrogen-bond donors (Lipinski definition) is 2. The van der Waals surface area contributed by atoms with Gasteiger partial charge in [-0.3, -0.25) is 14.9 Å². The van der Waals surface area contributed by atoms with E-state index in [-0.39, 0.29) is 36.9 Å². The zero-order chi connectivity index (χ0) is 21.1. The van der Waals surface area contributed by atoms with Gasteiger partial charge in [0, 0.05) is 17.3 Å². The van der Waals surface area contributed by atoms with Crippen molar-refractivity contribution in [1.29, 1.82) is 0 Å². The molecule has 2 aromatic carbocycles. The van der Waals surface area contributed by atoms with Crippen LogP contribution >= 0.6 is 11.3 Å². The lowest BCUT2D eigenvalue weighted by molar-refractivity contribution is -0.118. The molecule has 6 heteroatoms. The molecular formula is C24H25N3O2S. The Hall–Kier alpha value is -2.96. The monoisotopic (exact) mass is 419 g/mol. The van der Waals surface area contributed by atoms with Gasteiger partial charge in [-0.15, -0.1) is 11.3 Å². The minimum atomic E-state index is -0.220. The average molecular weight is 420 g/mol. The number of para-hydroxylation sites is 2. The van der Waals surface area contributed by atoms with E-state index in [2.05, 4.69) is 47.9 Å². The van der Waals surface area contributed by atoms with Crippen LogP contribution in [0.2, 0.25) is 0 Å². The van der Waals surface area contributed by atoms with Crippen molar-refractivity contribution < 1.29 is 9.59 Å². The van der Waals surface area contributed by atoms with E-state index in [1.54, 1.807) is 16.2 Å².